The van der Waals surface area contributed by atoms with E-state index < -0.39 is 0 Å². The zero-order valence-electron chi connectivity index (χ0n) is 14.4. The van der Waals surface area contributed by atoms with Gasteiger partial charge in [0.05, 0.1) is 6.33 Å². The van der Waals surface area contributed by atoms with Gasteiger partial charge in [0.2, 0.25) is 0 Å². The molecule has 1 aliphatic heterocycles. The number of carbonyl (C=O) groups is 1. The normalized spacial score (nSPS) is 17.7. The van der Waals surface area contributed by atoms with Gasteiger partial charge in [-0.3, -0.25) is 4.79 Å². The van der Waals surface area contributed by atoms with Gasteiger partial charge in [0, 0.05) is 37.5 Å². The SMILES string of the molecule is Cc1cncn1Cc1ccc(C=CC(=O)NOC2CCCCO2)cc1. The van der Waals surface area contributed by atoms with Crippen molar-refractivity contribution in [2.75, 3.05) is 6.61 Å². The molecule has 1 aliphatic rings. The van der Waals surface area contributed by atoms with Gasteiger partial charge in [0.1, 0.15) is 0 Å². The van der Waals surface area contributed by atoms with Crippen LogP contribution in [-0.4, -0.2) is 28.4 Å². The molecule has 6 nitrogen and oxygen atoms in total. The molecule has 1 aromatic heterocycles. The minimum atomic E-state index is -0.336. The van der Waals surface area contributed by atoms with E-state index >= 15 is 0 Å². The Balaban J connectivity index is 1.47. The highest BCUT2D eigenvalue weighted by Gasteiger charge is 2.14. The lowest BCUT2D eigenvalue weighted by Gasteiger charge is -2.21. The summed E-state index contributed by atoms with van der Waals surface area (Å²) in [5, 5.41) is 0. The van der Waals surface area contributed by atoms with Gasteiger partial charge in [-0.25, -0.2) is 15.3 Å². The Bertz CT molecular complexity index is 716. The standard InChI is InChI=1S/C19H23N3O3/c1-15-12-20-14-22(15)13-17-7-5-16(6-8-17)9-10-18(23)21-25-19-4-2-3-11-24-19/h5-10,12,14,19H,2-4,11,13H2,1H3,(H,21,23). The first kappa shape index (κ1) is 17.4. The first-order valence-electron chi connectivity index (χ1n) is 8.52. The fraction of sp³-hybridized carbons (Fsp3) is 0.368. The lowest BCUT2D eigenvalue weighted by Crippen LogP contribution is -2.32. The Labute approximate surface area is 147 Å². The van der Waals surface area contributed by atoms with Crippen LogP contribution in [0.15, 0.2) is 42.9 Å². The largest absolute Gasteiger partial charge is 0.350 e. The predicted octanol–water partition coefficient (Wildman–Crippen LogP) is 2.83. The van der Waals surface area contributed by atoms with Crippen molar-refractivity contribution in [3.8, 4) is 0 Å². The third-order valence-electron chi connectivity index (χ3n) is 4.11. The fourth-order valence-electron chi connectivity index (χ4n) is 2.62. The van der Waals surface area contributed by atoms with Crippen LogP contribution in [0.4, 0.5) is 0 Å². The molecule has 6 heteroatoms. The smallest absolute Gasteiger partial charge is 0.267 e. The quantitative estimate of drug-likeness (QED) is 0.648. The van der Waals surface area contributed by atoms with Crippen LogP contribution < -0.4 is 5.48 Å². The van der Waals surface area contributed by atoms with Gasteiger partial charge in [-0.1, -0.05) is 24.3 Å². The Kier molecular flexibility index (Phi) is 5.98. The highest BCUT2D eigenvalue weighted by Crippen LogP contribution is 2.12. The van der Waals surface area contributed by atoms with E-state index in [0.29, 0.717) is 6.61 Å². The molecule has 0 bridgehead atoms. The van der Waals surface area contributed by atoms with Crippen molar-refractivity contribution >= 4 is 12.0 Å². The molecular weight excluding hydrogens is 318 g/mol. The van der Waals surface area contributed by atoms with Crippen LogP contribution in [0.2, 0.25) is 0 Å². The summed E-state index contributed by atoms with van der Waals surface area (Å²) in [5.41, 5.74) is 5.67. The molecule has 132 valence electrons. The van der Waals surface area contributed by atoms with Gasteiger partial charge in [-0.2, -0.15) is 0 Å². The second-order valence-corrected chi connectivity index (χ2v) is 6.12. The first-order chi connectivity index (χ1) is 12.2. The van der Waals surface area contributed by atoms with E-state index in [1.165, 1.54) is 11.6 Å². The number of rotatable bonds is 6. The molecule has 1 aromatic carbocycles. The summed E-state index contributed by atoms with van der Waals surface area (Å²) >= 11 is 0. The number of benzene rings is 1. The summed E-state index contributed by atoms with van der Waals surface area (Å²) in [6.45, 7) is 3.50. The summed E-state index contributed by atoms with van der Waals surface area (Å²) in [6.07, 6.45) is 9.45. The number of carbonyl (C=O) groups excluding carboxylic acids is 1. The zero-order chi connectivity index (χ0) is 17.5. The van der Waals surface area contributed by atoms with Crippen LogP contribution in [0.1, 0.15) is 36.1 Å². The number of nitrogens with one attached hydrogen (secondary N) is 1. The van der Waals surface area contributed by atoms with Crippen LogP contribution in [0.25, 0.3) is 6.08 Å². The number of nitrogens with zero attached hydrogens (tertiary/aromatic N) is 2. The molecule has 2 aromatic rings. The highest BCUT2D eigenvalue weighted by atomic mass is 16.8. The van der Waals surface area contributed by atoms with Crippen molar-refractivity contribution < 1.29 is 14.4 Å². The number of amides is 1. The zero-order valence-corrected chi connectivity index (χ0v) is 14.4. The van der Waals surface area contributed by atoms with Crippen LogP contribution >= 0.6 is 0 Å². The number of hydroxylamine groups is 1. The van der Waals surface area contributed by atoms with Gasteiger partial charge in [0.25, 0.3) is 5.91 Å². The molecule has 1 fully saturated rings. The number of ether oxygens (including phenoxy) is 1. The Morgan fingerprint density at radius 3 is 2.92 bits per heavy atom. The average Bonchev–Trinajstić information content (AvgIpc) is 3.05. The number of hydrogen-bond donors (Lipinski definition) is 1. The van der Waals surface area contributed by atoms with E-state index in [1.807, 2.05) is 43.7 Å². The fourth-order valence-corrected chi connectivity index (χ4v) is 2.62. The molecule has 0 radical (unpaired) electrons. The van der Waals surface area contributed by atoms with Crippen LogP contribution in [0.5, 0.6) is 0 Å². The van der Waals surface area contributed by atoms with Gasteiger partial charge in [0.15, 0.2) is 6.29 Å². The van der Waals surface area contributed by atoms with Crippen LogP contribution in [-0.2, 0) is 20.9 Å². The summed E-state index contributed by atoms with van der Waals surface area (Å²) in [6, 6.07) is 8.06. The van der Waals surface area contributed by atoms with Crippen molar-refractivity contribution in [1.29, 1.82) is 0 Å². The second-order valence-electron chi connectivity index (χ2n) is 6.12. The van der Waals surface area contributed by atoms with Gasteiger partial charge in [-0.15, -0.1) is 0 Å². The van der Waals surface area contributed by atoms with E-state index in [9.17, 15) is 4.79 Å². The van der Waals surface area contributed by atoms with Crippen molar-refractivity contribution in [1.82, 2.24) is 15.0 Å². The monoisotopic (exact) mass is 341 g/mol. The van der Waals surface area contributed by atoms with E-state index in [0.717, 1.165) is 37.1 Å². The molecule has 3 rings (SSSR count). The minimum Gasteiger partial charge on any atom is -0.350 e. The summed E-state index contributed by atoms with van der Waals surface area (Å²) in [4.78, 5) is 21.1. The second kappa shape index (κ2) is 8.60. The Hall–Kier alpha value is -2.44. The van der Waals surface area contributed by atoms with Crippen LogP contribution in [0.3, 0.4) is 0 Å². The average molecular weight is 341 g/mol. The third kappa shape index (κ3) is 5.27. The molecule has 1 atom stereocenters. The third-order valence-corrected chi connectivity index (χ3v) is 4.11. The topological polar surface area (TPSA) is 65.4 Å². The molecule has 1 saturated heterocycles. The van der Waals surface area contributed by atoms with E-state index in [1.54, 1.807) is 6.08 Å². The molecule has 1 unspecified atom stereocenters. The van der Waals surface area contributed by atoms with Crippen molar-refractivity contribution in [3.05, 3.63) is 59.7 Å². The number of aryl methyl sites for hydroxylation is 1. The Morgan fingerprint density at radius 1 is 1.40 bits per heavy atom. The lowest BCUT2D eigenvalue weighted by molar-refractivity contribution is -0.198. The molecule has 0 spiro atoms. The molecule has 25 heavy (non-hydrogen) atoms. The lowest BCUT2D eigenvalue weighted by atomic mass is 10.1. The van der Waals surface area contributed by atoms with Crippen molar-refractivity contribution in [3.63, 3.8) is 0 Å². The number of hydrogen-bond acceptors (Lipinski definition) is 4. The molecule has 1 N–H and O–H groups in total. The summed E-state index contributed by atoms with van der Waals surface area (Å²) in [7, 11) is 0. The van der Waals surface area contributed by atoms with E-state index in [4.69, 9.17) is 9.57 Å². The van der Waals surface area contributed by atoms with E-state index in [-0.39, 0.29) is 12.2 Å². The molecule has 2 heterocycles. The summed E-state index contributed by atoms with van der Waals surface area (Å²) in [5.74, 6) is -0.299. The predicted molar refractivity (Wildman–Crippen MR) is 94.4 cm³/mol. The summed E-state index contributed by atoms with van der Waals surface area (Å²) < 4.78 is 7.47. The molecule has 0 aliphatic carbocycles. The minimum absolute atomic E-state index is 0.299. The number of aromatic nitrogens is 2. The van der Waals surface area contributed by atoms with Crippen molar-refractivity contribution in [2.45, 2.75) is 39.0 Å². The molecule has 1 amide bonds. The maximum Gasteiger partial charge on any atom is 0.267 e. The number of imidazole rings is 1. The van der Waals surface area contributed by atoms with E-state index in [2.05, 4.69) is 15.0 Å². The van der Waals surface area contributed by atoms with Crippen molar-refractivity contribution in [2.24, 2.45) is 0 Å². The maximum atomic E-state index is 11.8. The van der Waals surface area contributed by atoms with Crippen LogP contribution in [0, 0.1) is 6.92 Å². The van der Waals surface area contributed by atoms with Gasteiger partial charge in [-0.05, 0) is 37.0 Å². The first-order valence-corrected chi connectivity index (χ1v) is 8.52. The molecule has 0 saturated carbocycles. The Morgan fingerprint density at radius 2 is 2.24 bits per heavy atom. The highest BCUT2D eigenvalue weighted by molar-refractivity contribution is 5.90. The molecular formula is C19H23N3O3. The van der Waals surface area contributed by atoms with Gasteiger partial charge >= 0.3 is 0 Å². The maximum absolute atomic E-state index is 11.8. The van der Waals surface area contributed by atoms with Gasteiger partial charge < -0.3 is 9.30 Å².